The zero-order valence-corrected chi connectivity index (χ0v) is 10.1. The van der Waals surface area contributed by atoms with E-state index in [-0.39, 0.29) is 5.91 Å². The molecule has 0 aliphatic rings. The topological polar surface area (TPSA) is 55.1 Å². The maximum Gasteiger partial charge on any atom is 0.241 e. The summed E-state index contributed by atoms with van der Waals surface area (Å²) in [6.45, 7) is 3.51. The predicted molar refractivity (Wildman–Crippen MR) is 67.9 cm³/mol. The highest BCUT2D eigenvalue weighted by Crippen LogP contribution is 2.29. The number of para-hydroxylation sites is 1. The van der Waals surface area contributed by atoms with Gasteiger partial charge in [-0.2, -0.15) is 0 Å². The van der Waals surface area contributed by atoms with Crippen LogP contribution < -0.4 is 11.1 Å². The highest BCUT2D eigenvalue weighted by atomic mass is 35.5. The highest BCUT2D eigenvalue weighted by Gasteiger charge is 2.14. The molecule has 86 valence electrons. The van der Waals surface area contributed by atoms with Gasteiger partial charge in [0.15, 0.2) is 0 Å². The van der Waals surface area contributed by atoms with Crippen LogP contribution in [-0.4, -0.2) is 11.9 Å². The van der Waals surface area contributed by atoms with E-state index >= 15 is 0 Å². The first kappa shape index (κ1) is 13.0. The molecule has 0 saturated heterocycles. The van der Waals surface area contributed by atoms with E-state index in [0.717, 1.165) is 0 Å². The molecule has 16 heavy (non-hydrogen) atoms. The lowest BCUT2D eigenvalue weighted by atomic mass is 10.2. The van der Waals surface area contributed by atoms with Gasteiger partial charge in [0.2, 0.25) is 5.91 Å². The first-order valence-corrected chi connectivity index (χ1v) is 5.43. The van der Waals surface area contributed by atoms with Crippen LogP contribution in [0.25, 0.3) is 0 Å². The first-order valence-electron chi connectivity index (χ1n) is 4.67. The van der Waals surface area contributed by atoms with Gasteiger partial charge in [-0.3, -0.25) is 4.79 Å². The summed E-state index contributed by atoms with van der Waals surface area (Å²) in [7, 11) is 0. The van der Waals surface area contributed by atoms with Crippen molar-refractivity contribution in [2.75, 3.05) is 5.32 Å². The molecule has 1 unspecified atom stereocenters. The third-order valence-electron chi connectivity index (χ3n) is 1.97. The third-order valence-corrected chi connectivity index (χ3v) is 2.60. The normalized spacial score (nSPS) is 11.9. The number of rotatable bonds is 4. The Morgan fingerprint density at radius 3 is 2.56 bits per heavy atom. The summed E-state index contributed by atoms with van der Waals surface area (Å²) in [5.74, 6) is -0.338. The zero-order chi connectivity index (χ0) is 12.1. The fraction of sp³-hybridized carbons (Fsp3) is 0.182. The van der Waals surface area contributed by atoms with E-state index in [9.17, 15) is 4.79 Å². The lowest BCUT2D eigenvalue weighted by molar-refractivity contribution is -0.117. The van der Waals surface area contributed by atoms with Crippen LogP contribution in [0.5, 0.6) is 0 Å². The molecule has 3 N–H and O–H groups in total. The molecule has 1 amide bonds. The molecule has 0 aromatic heterocycles. The monoisotopic (exact) mass is 258 g/mol. The standard InChI is InChI=1S/C11H12Cl2N2O/c1-2-4-9(14)11(16)15-10-7(12)5-3-6-8(10)13/h2-3,5-6,9H,1,4,14H2,(H,15,16). The minimum absolute atomic E-state index is 0.338. The van der Waals surface area contributed by atoms with Gasteiger partial charge in [0.05, 0.1) is 21.8 Å². The van der Waals surface area contributed by atoms with Crippen molar-refractivity contribution in [2.24, 2.45) is 5.73 Å². The van der Waals surface area contributed by atoms with Crippen LogP contribution in [0, 0.1) is 0 Å². The Hall–Kier alpha value is -1.03. The molecule has 1 aromatic carbocycles. The molecule has 0 aliphatic heterocycles. The second-order valence-corrected chi connectivity index (χ2v) is 4.03. The van der Waals surface area contributed by atoms with Crippen LogP contribution in [0.4, 0.5) is 5.69 Å². The number of hydrogen-bond donors (Lipinski definition) is 2. The van der Waals surface area contributed by atoms with E-state index in [1.165, 1.54) is 0 Å². The predicted octanol–water partition coefficient (Wildman–Crippen LogP) is 2.84. The van der Waals surface area contributed by atoms with Gasteiger partial charge in [0, 0.05) is 0 Å². The van der Waals surface area contributed by atoms with Crippen LogP contribution in [0.3, 0.4) is 0 Å². The lowest BCUT2D eigenvalue weighted by Gasteiger charge is -2.12. The minimum atomic E-state index is -0.648. The van der Waals surface area contributed by atoms with Crippen LogP contribution in [0.1, 0.15) is 6.42 Å². The smallest absolute Gasteiger partial charge is 0.241 e. The Bertz CT molecular complexity index is 387. The summed E-state index contributed by atoms with van der Waals surface area (Å²) in [5.41, 5.74) is 5.99. The molecule has 0 fully saturated rings. The van der Waals surface area contributed by atoms with Gasteiger partial charge in [-0.15, -0.1) is 6.58 Å². The fourth-order valence-electron chi connectivity index (χ4n) is 1.12. The Morgan fingerprint density at radius 2 is 2.06 bits per heavy atom. The molecular weight excluding hydrogens is 247 g/mol. The van der Waals surface area contributed by atoms with E-state index in [4.69, 9.17) is 28.9 Å². The van der Waals surface area contributed by atoms with Crippen molar-refractivity contribution in [2.45, 2.75) is 12.5 Å². The average Bonchev–Trinajstić information content (AvgIpc) is 2.23. The molecule has 1 aromatic rings. The van der Waals surface area contributed by atoms with Gasteiger partial charge in [-0.25, -0.2) is 0 Å². The van der Waals surface area contributed by atoms with E-state index in [1.54, 1.807) is 24.3 Å². The van der Waals surface area contributed by atoms with Gasteiger partial charge >= 0.3 is 0 Å². The Balaban J connectivity index is 2.80. The van der Waals surface area contributed by atoms with Crippen LogP contribution in [-0.2, 0) is 4.79 Å². The summed E-state index contributed by atoms with van der Waals surface area (Å²) in [5, 5.41) is 3.35. The maximum absolute atomic E-state index is 11.6. The molecule has 0 aliphatic carbocycles. The second-order valence-electron chi connectivity index (χ2n) is 3.22. The first-order chi connectivity index (χ1) is 7.56. The van der Waals surface area contributed by atoms with Gasteiger partial charge in [-0.05, 0) is 18.6 Å². The van der Waals surface area contributed by atoms with Crippen LogP contribution >= 0.6 is 23.2 Å². The number of anilines is 1. The summed E-state index contributed by atoms with van der Waals surface area (Å²) >= 11 is 11.8. The third kappa shape index (κ3) is 3.23. The molecule has 0 saturated carbocycles. The number of nitrogens with two attached hydrogens (primary N) is 1. The molecule has 0 spiro atoms. The largest absolute Gasteiger partial charge is 0.322 e. The molecular formula is C11H12Cl2N2O. The summed E-state index contributed by atoms with van der Waals surface area (Å²) in [6.07, 6.45) is 1.98. The molecule has 0 bridgehead atoms. The van der Waals surface area contributed by atoms with Gasteiger partial charge in [0.1, 0.15) is 0 Å². The lowest BCUT2D eigenvalue weighted by Crippen LogP contribution is -2.35. The van der Waals surface area contributed by atoms with E-state index < -0.39 is 6.04 Å². The van der Waals surface area contributed by atoms with Crippen molar-refractivity contribution < 1.29 is 4.79 Å². The molecule has 0 heterocycles. The van der Waals surface area contributed by atoms with E-state index in [1.807, 2.05) is 0 Å². The maximum atomic E-state index is 11.6. The molecule has 5 heteroatoms. The van der Waals surface area contributed by atoms with Gasteiger partial charge < -0.3 is 11.1 Å². The van der Waals surface area contributed by atoms with Crippen molar-refractivity contribution >= 4 is 34.8 Å². The van der Waals surface area contributed by atoms with Crippen molar-refractivity contribution in [3.63, 3.8) is 0 Å². The van der Waals surface area contributed by atoms with Crippen molar-refractivity contribution in [3.8, 4) is 0 Å². The number of nitrogens with one attached hydrogen (secondary N) is 1. The minimum Gasteiger partial charge on any atom is -0.322 e. The van der Waals surface area contributed by atoms with Gasteiger partial charge in [0.25, 0.3) is 0 Å². The number of halogens is 2. The number of carbonyl (C=O) groups excluding carboxylic acids is 1. The Labute approximate surface area is 104 Å². The molecule has 1 rings (SSSR count). The number of amides is 1. The summed E-state index contributed by atoms with van der Waals surface area (Å²) in [4.78, 5) is 11.6. The number of benzene rings is 1. The zero-order valence-electron chi connectivity index (χ0n) is 8.54. The molecule has 0 radical (unpaired) electrons. The van der Waals surface area contributed by atoms with E-state index in [2.05, 4.69) is 11.9 Å². The number of hydrogen-bond acceptors (Lipinski definition) is 2. The van der Waals surface area contributed by atoms with Crippen LogP contribution in [0.2, 0.25) is 10.0 Å². The molecule has 1 atom stereocenters. The summed E-state index contributed by atoms with van der Waals surface area (Å²) < 4.78 is 0. The van der Waals surface area contributed by atoms with Crippen LogP contribution in [0.15, 0.2) is 30.9 Å². The van der Waals surface area contributed by atoms with E-state index in [0.29, 0.717) is 22.2 Å². The Morgan fingerprint density at radius 1 is 1.50 bits per heavy atom. The van der Waals surface area contributed by atoms with Crippen molar-refractivity contribution in [1.82, 2.24) is 0 Å². The fourth-order valence-corrected chi connectivity index (χ4v) is 1.61. The SMILES string of the molecule is C=CCC(N)C(=O)Nc1c(Cl)cccc1Cl. The van der Waals surface area contributed by atoms with Gasteiger partial charge in [-0.1, -0.05) is 35.3 Å². The quantitative estimate of drug-likeness (QED) is 0.817. The van der Waals surface area contributed by atoms with Crippen molar-refractivity contribution in [3.05, 3.63) is 40.9 Å². The molecule has 3 nitrogen and oxygen atoms in total. The second kappa shape index (κ2) is 5.89. The average molecular weight is 259 g/mol. The summed E-state index contributed by atoms with van der Waals surface area (Å²) in [6, 6.07) is 4.33. The number of carbonyl (C=O) groups is 1. The Kier molecular flexibility index (Phi) is 4.80. The van der Waals surface area contributed by atoms with Crippen molar-refractivity contribution in [1.29, 1.82) is 0 Å². The highest BCUT2D eigenvalue weighted by molar-refractivity contribution is 6.39.